The second-order valence-corrected chi connectivity index (χ2v) is 11.0. The van der Waals surface area contributed by atoms with Gasteiger partial charge in [-0.3, -0.25) is 5.11 Å². The molecule has 2 aliphatic rings. The van der Waals surface area contributed by atoms with Crippen molar-refractivity contribution in [2.75, 3.05) is 6.54 Å². The van der Waals surface area contributed by atoms with Gasteiger partial charge in [-0.25, -0.2) is 0 Å². The molecule has 0 aromatic carbocycles. The van der Waals surface area contributed by atoms with Crippen LogP contribution in [0.2, 0.25) is 0 Å². The molecule has 0 saturated carbocycles. The van der Waals surface area contributed by atoms with E-state index in [-0.39, 0.29) is 11.9 Å². The van der Waals surface area contributed by atoms with Gasteiger partial charge < -0.3 is 10.2 Å². The maximum atomic E-state index is 12.8. The molecule has 0 aromatic heterocycles. The first-order valence-electron chi connectivity index (χ1n) is 12.9. The van der Waals surface area contributed by atoms with Crippen molar-refractivity contribution >= 4 is 0 Å². The quantitative estimate of drug-likeness (QED) is 0.189. The fourth-order valence-corrected chi connectivity index (χ4v) is 5.17. The fraction of sp³-hybridized carbons (Fsp3) is 0.778. The molecule has 5 heteroatoms. The number of allylic oxidation sites excluding steroid dienone is 3. The van der Waals surface area contributed by atoms with Crippen LogP contribution in [0.25, 0.3) is 0 Å². The van der Waals surface area contributed by atoms with Gasteiger partial charge in [0.25, 0.3) is 5.88 Å². The van der Waals surface area contributed by atoms with Crippen molar-refractivity contribution < 1.29 is 9.87 Å². The van der Waals surface area contributed by atoms with Gasteiger partial charge in [-0.15, -0.1) is 0 Å². The highest BCUT2D eigenvalue weighted by atomic mass is 16.3. The summed E-state index contributed by atoms with van der Waals surface area (Å²) in [7, 11) is 0. The summed E-state index contributed by atoms with van der Waals surface area (Å²) < 4.78 is 1.20. The summed E-state index contributed by atoms with van der Waals surface area (Å²) in [5.41, 5.74) is -0.271. The molecule has 1 saturated heterocycles. The molecule has 2 heterocycles. The van der Waals surface area contributed by atoms with Crippen LogP contribution in [0.1, 0.15) is 112 Å². The van der Waals surface area contributed by atoms with E-state index in [1.54, 1.807) is 0 Å². The smallest absolute Gasteiger partial charge is 0.251 e. The maximum Gasteiger partial charge on any atom is 0.251 e. The minimum absolute atomic E-state index is 0.0108. The molecule has 181 valence electrons. The molecular weight excluding hydrogens is 398 g/mol. The zero-order valence-electron chi connectivity index (χ0n) is 21.3. The lowest BCUT2D eigenvalue weighted by Gasteiger charge is -2.36. The molecule has 5 nitrogen and oxygen atoms in total. The van der Waals surface area contributed by atoms with E-state index in [0.29, 0.717) is 18.4 Å². The summed E-state index contributed by atoms with van der Waals surface area (Å²) in [5, 5.41) is 15.9. The van der Waals surface area contributed by atoms with Crippen LogP contribution in [-0.4, -0.2) is 33.3 Å². The molecule has 0 amide bonds. The number of nitrogens with zero attached hydrogens (tertiary/aromatic N) is 2. The first-order valence-corrected chi connectivity index (χ1v) is 12.9. The lowest BCUT2D eigenvalue weighted by atomic mass is 9.79. The van der Waals surface area contributed by atoms with Crippen molar-refractivity contribution in [3.8, 4) is 0 Å². The Morgan fingerprint density at radius 1 is 0.906 bits per heavy atom. The Hall–Kier alpha value is -1.78. The second-order valence-electron chi connectivity index (χ2n) is 11.0. The Morgan fingerprint density at radius 2 is 1.38 bits per heavy atom. The molecule has 32 heavy (non-hydrogen) atoms. The van der Waals surface area contributed by atoms with Gasteiger partial charge in [-0.2, -0.15) is 0 Å². The van der Waals surface area contributed by atoms with Crippen LogP contribution < -0.4 is 5.32 Å². The van der Waals surface area contributed by atoms with E-state index in [2.05, 4.69) is 17.1 Å². The third-order valence-electron chi connectivity index (χ3n) is 6.85. The van der Waals surface area contributed by atoms with Gasteiger partial charge in [0.15, 0.2) is 0 Å². The molecule has 2 aliphatic heterocycles. The summed E-state index contributed by atoms with van der Waals surface area (Å²) in [6, 6.07) is 0.0108. The van der Waals surface area contributed by atoms with Crippen LogP contribution in [0.5, 0.6) is 0 Å². The summed E-state index contributed by atoms with van der Waals surface area (Å²) in [6.07, 6.45) is 22.6. The molecule has 1 fully saturated rings. The van der Waals surface area contributed by atoms with Crippen molar-refractivity contribution in [1.82, 2.24) is 10.2 Å². The van der Waals surface area contributed by atoms with E-state index >= 15 is 0 Å². The topological polar surface area (TPSA) is 55.2 Å². The van der Waals surface area contributed by atoms with Crippen LogP contribution in [-0.2, 0) is 5.11 Å². The van der Waals surface area contributed by atoms with Gasteiger partial charge in [0.05, 0.1) is 0 Å². The van der Waals surface area contributed by atoms with E-state index < -0.39 is 11.1 Å². The number of hydrogen-bond acceptors (Lipinski definition) is 3. The monoisotopic (exact) mass is 445 g/mol. The van der Waals surface area contributed by atoms with E-state index in [1.807, 2.05) is 52.2 Å². The fourth-order valence-electron chi connectivity index (χ4n) is 5.17. The molecule has 0 bridgehead atoms. The van der Waals surface area contributed by atoms with E-state index in [1.165, 1.54) is 69.0 Å². The van der Waals surface area contributed by atoms with Gasteiger partial charge in [0, 0.05) is 80.8 Å². The van der Waals surface area contributed by atoms with Gasteiger partial charge in [-0.1, -0.05) is 64.7 Å². The molecule has 0 atom stereocenters. The average molecular weight is 446 g/mol. The molecule has 0 aliphatic carbocycles. The zero-order chi connectivity index (χ0) is 23.6. The van der Waals surface area contributed by atoms with Gasteiger partial charge in [0.1, 0.15) is 0 Å². The Balaban J connectivity index is 1.68. The Kier molecular flexibility index (Phi) is 10.3. The van der Waals surface area contributed by atoms with E-state index in [9.17, 15) is 10.0 Å². The summed E-state index contributed by atoms with van der Waals surface area (Å²) in [5.74, 6) is -0.0490. The number of hydrogen-bond donors (Lipinski definition) is 1. The molecule has 1 radical (unpaired) electrons. The molecule has 2 rings (SSSR count). The summed E-state index contributed by atoms with van der Waals surface area (Å²) in [4.78, 5) is 14.7. The minimum Gasteiger partial charge on any atom is -0.354 e. The van der Waals surface area contributed by atoms with Crippen molar-refractivity contribution in [2.45, 2.75) is 129 Å². The average Bonchev–Trinajstić information content (AvgIpc) is 2.73. The number of nitrogens with one attached hydrogen (secondary N) is 1. The molecule has 0 aromatic rings. The first kappa shape index (κ1) is 26.5. The maximum absolute atomic E-state index is 12.8. The molecule has 0 unspecified atom stereocenters. The van der Waals surface area contributed by atoms with Gasteiger partial charge in [0.2, 0.25) is 11.1 Å². The normalized spacial score (nSPS) is 20.1. The highest BCUT2D eigenvalue weighted by Crippen LogP contribution is 2.34. The van der Waals surface area contributed by atoms with E-state index in [4.69, 9.17) is 0 Å². The first-order chi connectivity index (χ1) is 15.2. The predicted octanol–water partition coefficient (Wildman–Crippen LogP) is 6.98. The van der Waals surface area contributed by atoms with Crippen molar-refractivity contribution in [1.29, 1.82) is 0 Å². The van der Waals surface area contributed by atoms with Crippen molar-refractivity contribution in [2.24, 2.45) is 0 Å². The molecule has 1 N–H and O–H groups in total. The zero-order valence-corrected chi connectivity index (χ0v) is 21.3. The van der Waals surface area contributed by atoms with Crippen molar-refractivity contribution in [3.05, 3.63) is 40.9 Å². The summed E-state index contributed by atoms with van der Waals surface area (Å²) >= 11 is 0. The van der Waals surface area contributed by atoms with Crippen LogP contribution in [0.4, 0.5) is 0 Å². The van der Waals surface area contributed by atoms with Crippen molar-refractivity contribution in [3.63, 3.8) is 0 Å². The number of nitroso groups, excluding NO2 is 1. The largest absolute Gasteiger partial charge is 0.354 e. The third kappa shape index (κ3) is 8.29. The SMILES string of the molecule is CCCCCCCCCCCCN1C=CC(=C([O])NC2CC(C)(C)[N+](=O)C(C)(C)C2)C=C1. The van der Waals surface area contributed by atoms with Crippen LogP contribution in [0, 0.1) is 4.91 Å². The van der Waals surface area contributed by atoms with Crippen LogP contribution >= 0.6 is 0 Å². The number of piperidine rings is 1. The Labute approximate surface area is 196 Å². The molecule has 0 spiro atoms. The minimum atomic E-state index is -0.478. The Morgan fingerprint density at radius 3 is 1.88 bits per heavy atom. The Bertz CT molecular complexity index is 655. The predicted molar refractivity (Wildman–Crippen MR) is 132 cm³/mol. The van der Waals surface area contributed by atoms with Crippen LogP contribution in [0.15, 0.2) is 36.0 Å². The lowest BCUT2D eigenvalue weighted by molar-refractivity contribution is -0.693. The van der Waals surface area contributed by atoms with Gasteiger partial charge in [-0.05, 0) is 18.6 Å². The second kappa shape index (κ2) is 12.5. The number of rotatable bonds is 13. The van der Waals surface area contributed by atoms with Gasteiger partial charge >= 0.3 is 0 Å². The standard InChI is InChI=1S/C27H47N3O2/c1-6-7-8-9-10-11-12-13-14-15-18-29-19-16-23(17-20-29)25(31)28-24-21-26(2,3)30(32)27(4,5)22-24/h16-17,19-20,24,28H,6-15,18,21-22H2,1-5H3/q+1. The number of unbranched alkanes of at least 4 members (excludes halogenated alkanes) is 9. The highest BCUT2D eigenvalue weighted by molar-refractivity contribution is 5.35. The summed E-state index contributed by atoms with van der Waals surface area (Å²) in [6.45, 7) is 11.1. The van der Waals surface area contributed by atoms with E-state index in [0.717, 1.165) is 6.54 Å². The lowest BCUT2D eigenvalue weighted by Crippen LogP contribution is -2.58. The molecular formula is C27H47N3O2+. The van der Waals surface area contributed by atoms with Crippen LogP contribution in [0.3, 0.4) is 0 Å². The highest BCUT2D eigenvalue weighted by Gasteiger charge is 2.53. The third-order valence-corrected chi connectivity index (χ3v) is 6.85.